The Bertz CT molecular complexity index is 399. The van der Waals surface area contributed by atoms with Crippen LogP contribution in [0.1, 0.15) is 24.0 Å². The monoisotopic (exact) mass is 308 g/mol. The van der Waals surface area contributed by atoms with E-state index >= 15 is 0 Å². The van der Waals surface area contributed by atoms with Crippen molar-refractivity contribution in [1.82, 2.24) is 0 Å². The van der Waals surface area contributed by atoms with Crippen LogP contribution in [-0.2, 0) is 11.5 Å². The van der Waals surface area contributed by atoms with Crippen molar-refractivity contribution >= 4 is 15.9 Å². The number of hydrogen-bond donors (Lipinski definition) is 0. The fourth-order valence-corrected chi connectivity index (χ4v) is 1.85. The lowest BCUT2D eigenvalue weighted by molar-refractivity contribution is -0.139. The number of ether oxygens (including phenoxy) is 1. The molecule has 1 aromatic carbocycles. The van der Waals surface area contributed by atoms with Crippen LogP contribution in [-0.4, -0.2) is 6.61 Å². The zero-order valence-corrected chi connectivity index (χ0v) is 10.6. The number of rotatable bonds is 4. The van der Waals surface area contributed by atoms with E-state index < -0.39 is 11.7 Å². The van der Waals surface area contributed by atoms with Crippen LogP contribution >= 0.6 is 15.9 Å². The zero-order chi connectivity index (χ0) is 12.5. The van der Waals surface area contributed by atoms with Gasteiger partial charge in [0, 0.05) is 5.33 Å². The Morgan fingerprint density at radius 2 is 2.00 bits per heavy atom. The standard InChI is InChI=1S/C12H12BrF3O/c13-6-9-3-4-11(17-7-8-1-2-8)10(5-9)12(14,15)16/h3-5,8H,1-2,6-7H2. The molecule has 1 aliphatic rings. The van der Waals surface area contributed by atoms with Crippen LogP contribution in [0.3, 0.4) is 0 Å². The maximum absolute atomic E-state index is 12.8. The van der Waals surface area contributed by atoms with Crippen LogP contribution in [0.5, 0.6) is 5.75 Å². The van der Waals surface area contributed by atoms with E-state index in [0.717, 1.165) is 18.9 Å². The van der Waals surface area contributed by atoms with Gasteiger partial charge in [-0.1, -0.05) is 22.0 Å². The Morgan fingerprint density at radius 3 is 2.53 bits per heavy atom. The van der Waals surface area contributed by atoms with Crippen molar-refractivity contribution in [3.05, 3.63) is 29.3 Å². The predicted molar refractivity (Wildman–Crippen MR) is 62.3 cm³/mol. The summed E-state index contributed by atoms with van der Waals surface area (Å²) >= 11 is 3.15. The Hall–Kier alpha value is -0.710. The second kappa shape index (κ2) is 4.88. The number of alkyl halides is 4. The van der Waals surface area contributed by atoms with Gasteiger partial charge in [0.1, 0.15) is 5.75 Å². The first-order valence-corrected chi connectivity index (χ1v) is 6.51. The second-order valence-corrected chi connectivity index (χ2v) is 4.78. The zero-order valence-electron chi connectivity index (χ0n) is 9.06. The molecule has 1 aromatic rings. The molecule has 0 unspecified atom stereocenters. The molecule has 0 aromatic heterocycles. The molecule has 1 fully saturated rings. The summed E-state index contributed by atoms with van der Waals surface area (Å²) in [6.45, 7) is 0.386. The maximum Gasteiger partial charge on any atom is 0.419 e. The van der Waals surface area contributed by atoms with Crippen LogP contribution in [0.25, 0.3) is 0 Å². The van der Waals surface area contributed by atoms with Crippen molar-refractivity contribution in [3.63, 3.8) is 0 Å². The molecule has 5 heteroatoms. The predicted octanol–water partition coefficient (Wildman–Crippen LogP) is 4.39. The third-order valence-corrected chi connectivity index (χ3v) is 3.32. The number of benzene rings is 1. The average molecular weight is 309 g/mol. The molecule has 0 amide bonds. The maximum atomic E-state index is 12.8. The summed E-state index contributed by atoms with van der Waals surface area (Å²) in [4.78, 5) is 0. The highest BCUT2D eigenvalue weighted by atomic mass is 79.9. The molecule has 94 valence electrons. The lowest BCUT2D eigenvalue weighted by Crippen LogP contribution is -2.10. The fourth-order valence-electron chi connectivity index (χ4n) is 1.50. The Kier molecular flexibility index (Phi) is 3.66. The smallest absolute Gasteiger partial charge is 0.419 e. The lowest BCUT2D eigenvalue weighted by Gasteiger charge is -2.14. The van der Waals surface area contributed by atoms with E-state index in [-0.39, 0.29) is 5.75 Å². The highest BCUT2D eigenvalue weighted by Crippen LogP contribution is 2.38. The quantitative estimate of drug-likeness (QED) is 0.750. The summed E-state index contributed by atoms with van der Waals surface area (Å²) in [6, 6.07) is 4.19. The Morgan fingerprint density at radius 1 is 1.29 bits per heavy atom. The highest BCUT2D eigenvalue weighted by Gasteiger charge is 2.35. The molecule has 0 saturated heterocycles. The largest absolute Gasteiger partial charge is 0.493 e. The molecule has 0 radical (unpaired) electrons. The summed E-state index contributed by atoms with van der Waals surface area (Å²) in [5.74, 6) is 0.376. The molecule has 0 spiro atoms. The second-order valence-electron chi connectivity index (χ2n) is 4.22. The van der Waals surface area contributed by atoms with E-state index in [1.807, 2.05) is 0 Å². The van der Waals surface area contributed by atoms with Gasteiger partial charge in [-0.05, 0) is 36.5 Å². The first-order valence-electron chi connectivity index (χ1n) is 5.39. The minimum absolute atomic E-state index is 0.0610. The summed E-state index contributed by atoms with van der Waals surface area (Å²) in [5.41, 5.74) is -0.0915. The van der Waals surface area contributed by atoms with Gasteiger partial charge >= 0.3 is 6.18 Å². The first kappa shape index (κ1) is 12.7. The SMILES string of the molecule is FC(F)(F)c1cc(CBr)ccc1OCC1CC1. The van der Waals surface area contributed by atoms with Crippen molar-refractivity contribution in [2.75, 3.05) is 6.61 Å². The van der Waals surface area contributed by atoms with Gasteiger partial charge in [-0.3, -0.25) is 0 Å². The molecule has 0 bridgehead atoms. The summed E-state index contributed by atoms with van der Waals surface area (Å²) < 4.78 is 43.7. The number of hydrogen-bond acceptors (Lipinski definition) is 1. The van der Waals surface area contributed by atoms with Crippen molar-refractivity contribution in [1.29, 1.82) is 0 Å². The normalized spacial score (nSPS) is 16.0. The van der Waals surface area contributed by atoms with Crippen LogP contribution in [0.15, 0.2) is 18.2 Å². The molecule has 0 N–H and O–H groups in total. The van der Waals surface area contributed by atoms with Crippen LogP contribution in [0, 0.1) is 5.92 Å². The van der Waals surface area contributed by atoms with Gasteiger partial charge < -0.3 is 4.74 Å². The molecule has 1 saturated carbocycles. The van der Waals surface area contributed by atoms with Gasteiger partial charge in [-0.2, -0.15) is 13.2 Å². The molecular formula is C12H12BrF3O. The molecule has 1 aliphatic carbocycles. The highest BCUT2D eigenvalue weighted by molar-refractivity contribution is 9.08. The third kappa shape index (κ3) is 3.37. The van der Waals surface area contributed by atoms with Crippen molar-refractivity contribution < 1.29 is 17.9 Å². The lowest BCUT2D eigenvalue weighted by atomic mass is 10.1. The van der Waals surface area contributed by atoms with Crippen molar-refractivity contribution in [2.24, 2.45) is 5.92 Å². The van der Waals surface area contributed by atoms with E-state index in [1.165, 1.54) is 6.07 Å². The van der Waals surface area contributed by atoms with E-state index in [1.54, 1.807) is 6.07 Å². The molecule has 0 atom stereocenters. The first-order chi connectivity index (χ1) is 8.00. The molecule has 0 aliphatic heterocycles. The molecule has 0 heterocycles. The van der Waals surface area contributed by atoms with E-state index in [2.05, 4.69) is 15.9 Å². The van der Waals surface area contributed by atoms with Gasteiger partial charge in [0.15, 0.2) is 0 Å². The van der Waals surface area contributed by atoms with Crippen LogP contribution < -0.4 is 4.74 Å². The molecule has 2 rings (SSSR count). The number of halogens is 4. The van der Waals surface area contributed by atoms with Gasteiger partial charge in [0.2, 0.25) is 0 Å². The fraction of sp³-hybridized carbons (Fsp3) is 0.500. The summed E-state index contributed by atoms with van der Waals surface area (Å²) in [5, 5.41) is 0.402. The van der Waals surface area contributed by atoms with Gasteiger partial charge in [-0.15, -0.1) is 0 Å². The summed E-state index contributed by atoms with van der Waals surface area (Å²) in [7, 11) is 0. The van der Waals surface area contributed by atoms with Crippen LogP contribution in [0.4, 0.5) is 13.2 Å². The topological polar surface area (TPSA) is 9.23 Å². The Labute approximate surface area is 106 Å². The van der Waals surface area contributed by atoms with E-state index in [4.69, 9.17) is 4.74 Å². The van der Waals surface area contributed by atoms with Gasteiger partial charge in [-0.25, -0.2) is 0 Å². The molecular weight excluding hydrogens is 297 g/mol. The van der Waals surface area contributed by atoms with Gasteiger partial charge in [0.25, 0.3) is 0 Å². The van der Waals surface area contributed by atoms with Crippen LogP contribution in [0.2, 0.25) is 0 Å². The van der Waals surface area contributed by atoms with Gasteiger partial charge in [0.05, 0.1) is 12.2 Å². The minimum atomic E-state index is -4.36. The Balaban J connectivity index is 2.22. The van der Waals surface area contributed by atoms with Crippen molar-refractivity contribution in [3.8, 4) is 5.75 Å². The summed E-state index contributed by atoms with van der Waals surface area (Å²) in [6.07, 6.45) is -2.25. The van der Waals surface area contributed by atoms with E-state index in [0.29, 0.717) is 23.4 Å². The van der Waals surface area contributed by atoms with Crippen molar-refractivity contribution in [2.45, 2.75) is 24.3 Å². The van der Waals surface area contributed by atoms with E-state index in [9.17, 15) is 13.2 Å². The molecule has 1 nitrogen and oxygen atoms in total. The third-order valence-electron chi connectivity index (χ3n) is 2.68. The minimum Gasteiger partial charge on any atom is -0.493 e. The average Bonchev–Trinajstić information content (AvgIpc) is 3.08. The molecule has 17 heavy (non-hydrogen) atoms.